The molecule has 286 valence electrons. The van der Waals surface area contributed by atoms with Gasteiger partial charge in [0.2, 0.25) is 0 Å². The lowest BCUT2D eigenvalue weighted by Crippen LogP contribution is -2.31. The molecule has 0 spiro atoms. The molecule has 10 aromatic rings. The maximum absolute atomic E-state index is 9.01. The van der Waals surface area contributed by atoms with Crippen LogP contribution in [0.5, 0.6) is 11.5 Å². The molecule has 6 aromatic carbocycles. The predicted octanol–water partition coefficient (Wildman–Crippen LogP) is 12.6. The Hall–Kier alpha value is -7.31. The summed E-state index contributed by atoms with van der Waals surface area (Å²) in [6.45, 7) is 7.52. The van der Waals surface area contributed by atoms with Crippen LogP contribution in [-0.2, 0) is 6.37 Å². The molecule has 4 aromatic heterocycles. The number of rotatable bonds is 8. The fraction of sp³-hybridized carbons (Fsp3) is 0.113. The molecule has 0 bridgehead atoms. The molecule has 0 aliphatic rings. The minimum atomic E-state index is -1.67. The zero-order valence-electron chi connectivity index (χ0n) is 44.6. The first kappa shape index (κ1) is 25.1. The standard InChI is InChI=1S/C53H43N5O/c1-36-25-28-48-51(55-36)45-27-26-42(33-49(45)58(48)50-31-37(29-30-54-50)34-53(2,3)4)59-41-20-13-19-40(32-41)56-35-57(47-24-12-11-23-46(47)56)52-43(38-15-7-5-8-16-38)21-14-22-44(52)39-17-9-6-10-18-39/h5-33H,34H2,1-4H3/i5D,6D,7D,8D,9D,10D,15D,16D,17D,18D,34D2. The molecule has 0 radical (unpaired) electrons. The Kier molecular flexibility index (Phi) is 6.21. The van der Waals surface area contributed by atoms with E-state index < -0.39 is 72.2 Å². The predicted molar refractivity (Wildman–Crippen MR) is 239 cm³/mol. The van der Waals surface area contributed by atoms with Gasteiger partial charge in [-0.05, 0) is 101 Å². The Bertz CT molecular complexity index is 3710. The van der Waals surface area contributed by atoms with Crippen LogP contribution in [0.4, 0.5) is 0 Å². The summed E-state index contributed by atoms with van der Waals surface area (Å²) >= 11 is 0. The molecule has 0 saturated carbocycles. The number of hydrogen-bond acceptors (Lipinski definition) is 3. The van der Waals surface area contributed by atoms with Crippen molar-refractivity contribution in [2.24, 2.45) is 5.41 Å². The van der Waals surface area contributed by atoms with Crippen LogP contribution in [0.3, 0.4) is 0 Å². The Morgan fingerprint density at radius 1 is 0.712 bits per heavy atom. The number of benzene rings is 6. The highest BCUT2D eigenvalue weighted by atomic mass is 16.5. The Morgan fingerprint density at radius 3 is 2.17 bits per heavy atom. The van der Waals surface area contributed by atoms with Crippen LogP contribution in [0.25, 0.3) is 72.4 Å². The number of para-hydroxylation sites is 3. The van der Waals surface area contributed by atoms with Crippen molar-refractivity contribution in [3.05, 3.63) is 193 Å². The number of ether oxygens (including phenoxy) is 1. The van der Waals surface area contributed by atoms with Crippen LogP contribution in [0.2, 0.25) is 0 Å². The number of fused-ring (bicyclic) bond motifs is 4. The van der Waals surface area contributed by atoms with Gasteiger partial charge in [-0.1, -0.05) is 130 Å². The zero-order chi connectivity index (χ0) is 50.6. The molecule has 0 N–H and O–H groups in total. The Labute approximate surface area is 361 Å². The van der Waals surface area contributed by atoms with Crippen molar-refractivity contribution in [2.75, 3.05) is 0 Å². The molecule has 0 unspecified atom stereocenters. The largest absolute Gasteiger partial charge is 0.458 e. The minimum absolute atomic E-state index is 0.139. The average molecular weight is 778 g/mol. The molecule has 6 heteroatoms. The number of hydrogen-bond donors (Lipinski definition) is 0. The summed E-state index contributed by atoms with van der Waals surface area (Å²) in [5.41, 5.74) is 4.80. The highest BCUT2D eigenvalue weighted by molar-refractivity contribution is 6.07. The lowest BCUT2D eigenvalue weighted by molar-refractivity contribution is -0.571. The average Bonchev–Trinajstić information content (AvgIpc) is 3.89. The molecule has 0 atom stereocenters. The van der Waals surface area contributed by atoms with E-state index in [1.54, 1.807) is 63.9 Å². The minimum Gasteiger partial charge on any atom is -0.458 e. The van der Waals surface area contributed by atoms with E-state index in [0.717, 1.165) is 27.6 Å². The van der Waals surface area contributed by atoms with Crippen LogP contribution >= 0.6 is 0 Å². The van der Waals surface area contributed by atoms with E-state index in [1.807, 2.05) is 92.9 Å². The molecule has 6 nitrogen and oxygen atoms in total. The maximum atomic E-state index is 9.01. The number of aromatic nitrogens is 5. The van der Waals surface area contributed by atoms with E-state index in [4.69, 9.17) is 31.2 Å². The third kappa shape index (κ3) is 6.83. The fourth-order valence-corrected chi connectivity index (χ4v) is 7.51. The molecule has 0 amide bonds. The second kappa shape index (κ2) is 14.6. The first-order chi connectivity index (χ1) is 33.7. The molecule has 0 fully saturated rings. The van der Waals surface area contributed by atoms with Gasteiger partial charge in [0, 0.05) is 26.1 Å². The van der Waals surface area contributed by atoms with Gasteiger partial charge in [0.1, 0.15) is 17.3 Å². The van der Waals surface area contributed by atoms with Gasteiger partial charge in [0.15, 0.2) is 0 Å². The number of imidazole rings is 1. The highest BCUT2D eigenvalue weighted by Gasteiger charge is 2.21. The molecule has 4 heterocycles. The van der Waals surface area contributed by atoms with Crippen LogP contribution in [0.1, 0.15) is 48.5 Å². The quantitative estimate of drug-likeness (QED) is 0.114. The SMILES string of the molecule is [2H]c1c([2H])c([2H])c(-c2cccc(-c3c([2H])c([2H])c([2H])c([2H])c3[2H])c2-[n+]2[c-]n(-c3cccc(Oc4ccc5c6nc(C)ccc6n(-c6cc(C([2H])([2H])C(C)(C)C)ccn6)c5c4)c3)c3ccccc32)c([2H])c1[2H]. The zero-order valence-corrected chi connectivity index (χ0v) is 32.6. The summed E-state index contributed by atoms with van der Waals surface area (Å²) in [6, 6.07) is 27.0. The first-order valence-corrected chi connectivity index (χ1v) is 19.1. The van der Waals surface area contributed by atoms with Crippen molar-refractivity contribution in [3.8, 4) is 50.9 Å². The monoisotopic (exact) mass is 777 g/mol. The topological polar surface area (TPSA) is 48.8 Å². The number of aryl methyl sites for hydroxylation is 1. The Balaban J connectivity index is 1.14. The van der Waals surface area contributed by atoms with Gasteiger partial charge in [0.05, 0.1) is 52.7 Å². The summed E-state index contributed by atoms with van der Waals surface area (Å²) in [6.07, 6.45) is 3.37. The van der Waals surface area contributed by atoms with Crippen molar-refractivity contribution in [1.82, 2.24) is 19.1 Å². The van der Waals surface area contributed by atoms with Crippen molar-refractivity contribution < 1.29 is 25.8 Å². The van der Waals surface area contributed by atoms with Gasteiger partial charge in [-0.3, -0.25) is 18.7 Å². The molecular formula is C53H43N5O. The lowest BCUT2D eigenvalue weighted by Gasteiger charge is -2.18. The van der Waals surface area contributed by atoms with E-state index >= 15 is 0 Å². The van der Waals surface area contributed by atoms with Crippen molar-refractivity contribution >= 4 is 33.0 Å². The summed E-state index contributed by atoms with van der Waals surface area (Å²) in [4.78, 5) is 9.62. The van der Waals surface area contributed by atoms with E-state index in [0.29, 0.717) is 39.6 Å². The van der Waals surface area contributed by atoms with Gasteiger partial charge in [-0.2, -0.15) is 0 Å². The van der Waals surface area contributed by atoms with Crippen molar-refractivity contribution in [2.45, 2.75) is 34.1 Å². The van der Waals surface area contributed by atoms with Gasteiger partial charge < -0.3 is 4.74 Å². The van der Waals surface area contributed by atoms with Crippen LogP contribution in [-0.4, -0.2) is 19.1 Å². The molecule has 0 saturated heterocycles. The highest BCUT2D eigenvalue weighted by Crippen LogP contribution is 2.37. The number of pyridine rings is 2. The number of nitrogens with zero attached hydrogens (tertiary/aromatic N) is 5. The summed E-state index contributed by atoms with van der Waals surface area (Å²) < 4.78 is 117. The van der Waals surface area contributed by atoms with E-state index in [9.17, 15) is 0 Å². The second-order valence-electron chi connectivity index (χ2n) is 15.2. The van der Waals surface area contributed by atoms with Gasteiger partial charge in [0.25, 0.3) is 6.33 Å². The van der Waals surface area contributed by atoms with Crippen LogP contribution in [0.15, 0.2) is 176 Å². The summed E-state index contributed by atoms with van der Waals surface area (Å²) in [7, 11) is 0. The maximum Gasteiger partial charge on any atom is 0.269 e. The van der Waals surface area contributed by atoms with E-state index in [2.05, 4.69) is 6.33 Å². The van der Waals surface area contributed by atoms with Crippen molar-refractivity contribution in [3.63, 3.8) is 0 Å². The Morgan fingerprint density at radius 2 is 1.42 bits per heavy atom. The third-order valence-corrected chi connectivity index (χ3v) is 9.89. The second-order valence-corrected chi connectivity index (χ2v) is 15.2. The normalized spacial score (nSPS) is 14.9. The summed E-state index contributed by atoms with van der Waals surface area (Å²) in [5.74, 6) is 1.46. The third-order valence-electron chi connectivity index (χ3n) is 9.89. The molecule has 0 aliphatic heterocycles. The fourth-order valence-electron chi connectivity index (χ4n) is 7.51. The molecule has 0 aliphatic carbocycles. The van der Waals surface area contributed by atoms with E-state index in [-0.39, 0.29) is 27.9 Å². The van der Waals surface area contributed by atoms with Gasteiger partial charge >= 0.3 is 0 Å². The molecule has 59 heavy (non-hydrogen) atoms. The van der Waals surface area contributed by atoms with Crippen LogP contribution < -0.4 is 9.30 Å². The van der Waals surface area contributed by atoms with Crippen LogP contribution in [0, 0.1) is 18.7 Å². The van der Waals surface area contributed by atoms with Gasteiger partial charge in [-0.15, -0.1) is 0 Å². The molecule has 10 rings (SSSR count). The molecular weight excluding hydrogens is 723 g/mol. The lowest BCUT2D eigenvalue weighted by atomic mass is 9.88. The summed E-state index contributed by atoms with van der Waals surface area (Å²) in [5, 5.41) is 0.848. The van der Waals surface area contributed by atoms with Crippen molar-refractivity contribution in [1.29, 1.82) is 0 Å². The first-order valence-electron chi connectivity index (χ1n) is 25.1. The van der Waals surface area contributed by atoms with Gasteiger partial charge in [-0.25, -0.2) is 4.98 Å². The smallest absolute Gasteiger partial charge is 0.269 e. The van der Waals surface area contributed by atoms with E-state index in [1.165, 1.54) is 0 Å².